The van der Waals surface area contributed by atoms with Crippen LogP contribution in [0.25, 0.3) is 22.5 Å². The number of nitrogens with zero attached hydrogens (tertiary/aromatic N) is 3. The van der Waals surface area contributed by atoms with Crippen molar-refractivity contribution in [3.63, 3.8) is 0 Å². The Morgan fingerprint density at radius 2 is 1.43 bits per heavy atom. The second kappa shape index (κ2) is 8.49. The SMILES string of the molecule is O=[N+]([O-])c1c(CN=Nc2ccccc2)oc(-c2ccc3c(c2)OCO3)c1-c1ccc2c(c1)OCO2. The molecule has 2 aliphatic rings. The standard InChI is InChI=1S/C25H17N3O7/c29-28(30)24-22(12-26-27-17-4-2-1-3-5-17)35-25(16-7-9-19-21(11-16)34-14-32-19)23(24)15-6-8-18-20(10-15)33-13-31-18/h1-11H,12-14H2. The molecule has 0 saturated carbocycles. The molecule has 0 bridgehead atoms. The summed E-state index contributed by atoms with van der Waals surface area (Å²) in [5, 5.41) is 20.6. The van der Waals surface area contributed by atoms with Crippen molar-refractivity contribution >= 4 is 11.4 Å². The molecule has 4 aromatic rings. The summed E-state index contributed by atoms with van der Waals surface area (Å²) in [4.78, 5) is 11.8. The summed E-state index contributed by atoms with van der Waals surface area (Å²) < 4.78 is 27.9. The Kier molecular flexibility index (Phi) is 5.03. The van der Waals surface area contributed by atoms with Crippen molar-refractivity contribution in [2.24, 2.45) is 10.2 Å². The van der Waals surface area contributed by atoms with Crippen LogP contribution in [0.1, 0.15) is 5.76 Å². The minimum absolute atomic E-state index is 0.0787. The van der Waals surface area contributed by atoms with E-state index < -0.39 is 4.92 Å². The van der Waals surface area contributed by atoms with Crippen LogP contribution in [-0.2, 0) is 6.54 Å². The van der Waals surface area contributed by atoms with Crippen LogP contribution in [-0.4, -0.2) is 18.5 Å². The van der Waals surface area contributed by atoms with Gasteiger partial charge in [0.25, 0.3) is 0 Å². The van der Waals surface area contributed by atoms with Crippen LogP contribution in [0.4, 0.5) is 11.4 Å². The van der Waals surface area contributed by atoms with Gasteiger partial charge in [-0.3, -0.25) is 10.1 Å². The lowest BCUT2D eigenvalue weighted by Crippen LogP contribution is -1.94. The monoisotopic (exact) mass is 471 g/mol. The second-order valence-corrected chi connectivity index (χ2v) is 7.71. The molecule has 10 heteroatoms. The number of fused-ring (bicyclic) bond motifs is 2. The number of hydrogen-bond acceptors (Lipinski definition) is 9. The lowest BCUT2D eigenvalue weighted by Gasteiger charge is -2.05. The summed E-state index contributed by atoms with van der Waals surface area (Å²) in [7, 11) is 0. The van der Waals surface area contributed by atoms with Gasteiger partial charge in [-0.15, -0.1) is 0 Å². The van der Waals surface area contributed by atoms with Gasteiger partial charge >= 0.3 is 5.69 Å². The summed E-state index contributed by atoms with van der Waals surface area (Å²) in [6.07, 6.45) is 0. The Morgan fingerprint density at radius 1 is 0.800 bits per heavy atom. The molecule has 2 aliphatic heterocycles. The Hall–Kier alpha value is -4.86. The zero-order chi connectivity index (χ0) is 23.8. The molecule has 1 aromatic heterocycles. The van der Waals surface area contributed by atoms with E-state index in [0.717, 1.165) is 0 Å². The minimum Gasteiger partial charge on any atom is -0.454 e. The quantitative estimate of drug-likeness (QED) is 0.185. The van der Waals surface area contributed by atoms with E-state index in [4.69, 9.17) is 23.4 Å². The van der Waals surface area contributed by atoms with Crippen LogP contribution in [0.5, 0.6) is 23.0 Å². The highest BCUT2D eigenvalue weighted by molar-refractivity contribution is 5.89. The maximum atomic E-state index is 12.3. The highest BCUT2D eigenvalue weighted by Gasteiger charge is 2.33. The number of azo groups is 1. The van der Waals surface area contributed by atoms with Crippen LogP contribution in [0.2, 0.25) is 0 Å². The lowest BCUT2D eigenvalue weighted by molar-refractivity contribution is -0.385. The molecule has 3 heterocycles. The van der Waals surface area contributed by atoms with Crippen molar-refractivity contribution in [2.75, 3.05) is 13.6 Å². The molecule has 0 saturated heterocycles. The fourth-order valence-corrected chi connectivity index (χ4v) is 4.01. The smallest absolute Gasteiger partial charge is 0.320 e. The normalized spacial score (nSPS) is 13.5. The fourth-order valence-electron chi connectivity index (χ4n) is 4.01. The van der Waals surface area contributed by atoms with E-state index in [1.54, 1.807) is 48.5 Å². The van der Waals surface area contributed by atoms with Gasteiger partial charge < -0.3 is 23.4 Å². The first-order valence-electron chi connectivity index (χ1n) is 10.7. The summed E-state index contributed by atoms with van der Waals surface area (Å²) >= 11 is 0. The van der Waals surface area contributed by atoms with Crippen molar-refractivity contribution in [2.45, 2.75) is 6.54 Å². The van der Waals surface area contributed by atoms with Gasteiger partial charge in [0.1, 0.15) is 17.9 Å². The molecule has 0 radical (unpaired) electrons. The van der Waals surface area contributed by atoms with Gasteiger partial charge in [0.15, 0.2) is 23.0 Å². The molecule has 0 spiro atoms. The molecule has 0 fully saturated rings. The Morgan fingerprint density at radius 3 is 2.11 bits per heavy atom. The van der Waals surface area contributed by atoms with Crippen LogP contribution in [0, 0.1) is 10.1 Å². The van der Waals surface area contributed by atoms with Crippen molar-refractivity contribution in [3.05, 3.63) is 82.6 Å². The van der Waals surface area contributed by atoms with E-state index in [0.29, 0.717) is 51.1 Å². The van der Waals surface area contributed by atoms with E-state index in [2.05, 4.69) is 10.2 Å². The zero-order valence-electron chi connectivity index (χ0n) is 18.2. The molecule has 0 aliphatic carbocycles. The van der Waals surface area contributed by atoms with E-state index in [1.807, 2.05) is 18.2 Å². The Balaban J connectivity index is 1.49. The van der Waals surface area contributed by atoms with Gasteiger partial charge in [-0.1, -0.05) is 24.3 Å². The van der Waals surface area contributed by atoms with Gasteiger partial charge in [-0.05, 0) is 48.0 Å². The van der Waals surface area contributed by atoms with Gasteiger partial charge in [0.05, 0.1) is 10.6 Å². The average molecular weight is 471 g/mol. The molecular weight excluding hydrogens is 454 g/mol. The average Bonchev–Trinajstić information content (AvgIpc) is 3.61. The molecule has 10 nitrogen and oxygen atoms in total. The number of furan rings is 1. The third-order valence-electron chi connectivity index (χ3n) is 5.59. The first kappa shape index (κ1) is 20.7. The number of hydrogen-bond donors (Lipinski definition) is 0. The highest BCUT2D eigenvalue weighted by atomic mass is 16.7. The molecule has 3 aromatic carbocycles. The van der Waals surface area contributed by atoms with Crippen LogP contribution < -0.4 is 18.9 Å². The van der Waals surface area contributed by atoms with Crippen molar-refractivity contribution in [3.8, 4) is 45.4 Å². The third kappa shape index (κ3) is 3.80. The fraction of sp³-hybridized carbons (Fsp3) is 0.120. The van der Waals surface area contributed by atoms with Crippen LogP contribution in [0.3, 0.4) is 0 Å². The van der Waals surface area contributed by atoms with E-state index in [9.17, 15) is 10.1 Å². The Labute approximate surface area is 198 Å². The van der Waals surface area contributed by atoms with Crippen molar-refractivity contribution in [1.29, 1.82) is 0 Å². The van der Waals surface area contributed by atoms with Crippen LogP contribution >= 0.6 is 0 Å². The summed E-state index contributed by atoms with van der Waals surface area (Å²) in [5.41, 5.74) is 1.88. The molecule has 0 unspecified atom stereocenters. The lowest BCUT2D eigenvalue weighted by atomic mass is 9.99. The molecule has 174 valence electrons. The Bertz CT molecular complexity index is 1460. The predicted octanol–water partition coefficient (Wildman–Crippen LogP) is 6.26. The maximum absolute atomic E-state index is 12.3. The molecule has 0 N–H and O–H groups in total. The second-order valence-electron chi connectivity index (χ2n) is 7.71. The topological polar surface area (TPSA) is 118 Å². The maximum Gasteiger partial charge on any atom is 0.320 e. The van der Waals surface area contributed by atoms with Gasteiger partial charge in [-0.2, -0.15) is 10.2 Å². The zero-order valence-corrected chi connectivity index (χ0v) is 18.2. The molecule has 6 rings (SSSR count). The summed E-state index contributed by atoms with van der Waals surface area (Å²) in [6, 6.07) is 19.5. The molecular formula is C25H17N3O7. The predicted molar refractivity (Wildman–Crippen MR) is 123 cm³/mol. The van der Waals surface area contributed by atoms with Crippen LogP contribution in [0.15, 0.2) is 81.4 Å². The van der Waals surface area contributed by atoms with E-state index in [1.165, 1.54) is 0 Å². The number of nitro groups is 1. The third-order valence-corrected chi connectivity index (χ3v) is 5.59. The first-order valence-corrected chi connectivity index (χ1v) is 10.7. The number of benzene rings is 3. The van der Waals surface area contributed by atoms with Crippen molar-refractivity contribution in [1.82, 2.24) is 0 Å². The largest absolute Gasteiger partial charge is 0.454 e. The molecule has 35 heavy (non-hydrogen) atoms. The summed E-state index contributed by atoms with van der Waals surface area (Å²) in [5.74, 6) is 2.58. The van der Waals surface area contributed by atoms with E-state index in [-0.39, 0.29) is 31.6 Å². The highest BCUT2D eigenvalue weighted by Crippen LogP contribution is 2.48. The van der Waals surface area contributed by atoms with Crippen molar-refractivity contribution < 1.29 is 28.3 Å². The molecule has 0 atom stereocenters. The number of rotatable bonds is 6. The summed E-state index contributed by atoms with van der Waals surface area (Å²) in [6.45, 7) is 0.0803. The van der Waals surface area contributed by atoms with Gasteiger partial charge in [0.2, 0.25) is 19.3 Å². The molecule has 0 amide bonds. The van der Waals surface area contributed by atoms with Gasteiger partial charge in [0, 0.05) is 5.56 Å². The first-order chi connectivity index (χ1) is 17.2. The van der Waals surface area contributed by atoms with Gasteiger partial charge in [-0.25, -0.2) is 0 Å². The van der Waals surface area contributed by atoms with E-state index >= 15 is 0 Å². The number of ether oxygens (including phenoxy) is 4. The minimum atomic E-state index is -0.465.